The molecule has 0 aliphatic carbocycles. The van der Waals surface area contributed by atoms with Crippen LogP contribution in [-0.4, -0.2) is 20.3 Å². The van der Waals surface area contributed by atoms with Gasteiger partial charge in [-0.2, -0.15) is 0 Å². The second-order valence-electron chi connectivity index (χ2n) is 4.91. The predicted octanol–water partition coefficient (Wildman–Crippen LogP) is 3.13. The van der Waals surface area contributed by atoms with Crippen molar-refractivity contribution in [1.82, 2.24) is 0 Å². The van der Waals surface area contributed by atoms with E-state index in [0.29, 0.717) is 0 Å². The van der Waals surface area contributed by atoms with Gasteiger partial charge in [0.1, 0.15) is 5.75 Å². The van der Waals surface area contributed by atoms with Gasteiger partial charge in [-0.15, -0.1) is 0 Å². The Morgan fingerprint density at radius 3 is 2.33 bits per heavy atom. The monoisotopic (exact) mass is 251 g/mol. The zero-order valence-corrected chi connectivity index (χ0v) is 12.1. The molecule has 1 aromatic rings. The van der Waals surface area contributed by atoms with E-state index in [4.69, 9.17) is 15.2 Å². The molecule has 0 fully saturated rings. The summed E-state index contributed by atoms with van der Waals surface area (Å²) >= 11 is 0. The number of benzene rings is 1. The third-order valence-corrected chi connectivity index (χ3v) is 3.47. The van der Waals surface area contributed by atoms with Crippen molar-refractivity contribution < 1.29 is 9.47 Å². The highest BCUT2D eigenvalue weighted by atomic mass is 16.5. The summed E-state index contributed by atoms with van der Waals surface area (Å²) in [6.07, 6.45) is 2.17. The van der Waals surface area contributed by atoms with E-state index < -0.39 is 0 Å². The van der Waals surface area contributed by atoms with Gasteiger partial charge in [-0.1, -0.05) is 6.07 Å². The van der Waals surface area contributed by atoms with Crippen LogP contribution in [0.15, 0.2) is 12.1 Å². The van der Waals surface area contributed by atoms with Crippen molar-refractivity contribution in [3.63, 3.8) is 0 Å². The molecule has 1 aromatic carbocycles. The van der Waals surface area contributed by atoms with E-state index in [1.165, 1.54) is 11.1 Å². The molecule has 3 nitrogen and oxygen atoms in total. The summed E-state index contributed by atoms with van der Waals surface area (Å²) in [7, 11) is 3.43. The van der Waals surface area contributed by atoms with Crippen LogP contribution in [0.5, 0.6) is 5.75 Å². The quantitative estimate of drug-likeness (QED) is 0.844. The van der Waals surface area contributed by atoms with Gasteiger partial charge in [-0.25, -0.2) is 0 Å². The molecule has 0 saturated heterocycles. The van der Waals surface area contributed by atoms with Gasteiger partial charge >= 0.3 is 0 Å². The Kier molecular flexibility index (Phi) is 5.63. The molecule has 18 heavy (non-hydrogen) atoms. The first-order chi connectivity index (χ1) is 8.49. The molecule has 0 aliphatic heterocycles. The van der Waals surface area contributed by atoms with Crippen LogP contribution >= 0.6 is 0 Å². The lowest BCUT2D eigenvalue weighted by atomic mass is 9.95. The molecule has 2 N–H and O–H groups in total. The van der Waals surface area contributed by atoms with E-state index in [9.17, 15) is 0 Å². The van der Waals surface area contributed by atoms with Gasteiger partial charge in [-0.05, 0) is 56.4 Å². The number of hydrogen-bond donors (Lipinski definition) is 1. The average Bonchev–Trinajstić information content (AvgIpc) is 2.37. The number of nitrogens with two attached hydrogens (primary N) is 1. The Hall–Kier alpha value is -1.06. The lowest BCUT2D eigenvalue weighted by molar-refractivity contribution is 0.107. The summed E-state index contributed by atoms with van der Waals surface area (Å²) in [6, 6.07) is 4.26. The van der Waals surface area contributed by atoms with Crippen molar-refractivity contribution in [2.24, 2.45) is 5.73 Å². The number of methoxy groups -OCH3 is 2. The second-order valence-corrected chi connectivity index (χ2v) is 4.91. The van der Waals surface area contributed by atoms with Gasteiger partial charge in [-0.3, -0.25) is 0 Å². The molecule has 102 valence electrons. The highest BCUT2D eigenvalue weighted by Gasteiger charge is 2.13. The fraction of sp³-hybridized carbons (Fsp3) is 0.600. The van der Waals surface area contributed by atoms with Crippen LogP contribution < -0.4 is 10.5 Å². The zero-order chi connectivity index (χ0) is 13.7. The van der Waals surface area contributed by atoms with E-state index in [-0.39, 0.29) is 12.1 Å². The third kappa shape index (κ3) is 3.72. The molecule has 3 heteroatoms. The Morgan fingerprint density at radius 2 is 1.78 bits per heavy atom. The molecular formula is C15H25NO2. The molecule has 0 saturated carbocycles. The summed E-state index contributed by atoms with van der Waals surface area (Å²) in [4.78, 5) is 0. The van der Waals surface area contributed by atoms with Gasteiger partial charge in [0.2, 0.25) is 0 Å². The van der Waals surface area contributed by atoms with Crippen molar-refractivity contribution in [2.75, 3.05) is 14.2 Å². The standard InChI is InChI=1S/C15H25NO2/c1-10-9-15(18-5)11(2)8-13(10)14(16)7-6-12(3)17-4/h8-9,12,14H,6-7,16H2,1-5H3. The van der Waals surface area contributed by atoms with Gasteiger partial charge in [0.05, 0.1) is 13.2 Å². The minimum absolute atomic E-state index is 0.0622. The largest absolute Gasteiger partial charge is 0.496 e. The van der Waals surface area contributed by atoms with Crippen LogP contribution in [-0.2, 0) is 4.74 Å². The number of aryl methyl sites for hydroxylation is 2. The maximum absolute atomic E-state index is 6.26. The van der Waals surface area contributed by atoms with Crippen LogP contribution in [0.4, 0.5) is 0 Å². The first-order valence-corrected chi connectivity index (χ1v) is 6.43. The molecule has 0 bridgehead atoms. The van der Waals surface area contributed by atoms with Crippen molar-refractivity contribution in [2.45, 2.75) is 45.8 Å². The maximum atomic E-state index is 6.26. The van der Waals surface area contributed by atoms with E-state index in [1.807, 2.05) is 6.92 Å². The molecular weight excluding hydrogens is 226 g/mol. The summed E-state index contributed by atoms with van der Waals surface area (Å²) < 4.78 is 10.6. The fourth-order valence-corrected chi connectivity index (χ4v) is 2.12. The predicted molar refractivity (Wildman–Crippen MR) is 75.1 cm³/mol. The Morgan fingerprint density at radius 1 is 1.11 bits per heavy atom. The van der Waals surface area contributed by atoms with Gasteiger partial charge < -0.3 is 15.2 Å². The minimum atomic E-state index is 0.0622. The van der Waals surface area contributed by atoms with E-state index >= 15 is 0 Å². The summed E-state index contributed by atoms with van der Waals surface area (Å²) in [5.41, 5.74) is 9.79. The average molecular weight is 251 g/mol. The Bertz CT molecular complexity index is 390. The van der Waals surface area contributed by atoms with E-state index in [2.05, 4.69) is 26.0 Å². The molecule has 0 aliphatic rings. The molecule has 2 atom stereocenters. The Balaban J connectivity index is 2.79. The van der Waals surface area contributed by atoms with Crippen LogP contribution in [0.25, 0.3) is 0 Å². The molecule has 0 amide bonds. The summed E-state index contributed by atoms with van der Waals surface area (Å²) in [5.74, 6) is 0.925. The minimum Gasteiger partial charge on any atom is -0.496 e. The van der Waals surface area contributed by atoms with Crippen molar-refractivity contribution in [3.05, 3.63) is 28.8 Å². The normalized spacial score (nSPS) is 14.3. The van der Waals surface area contributed by atoms with Crippen molar-refractivity contribution in [1.29, 1.82) is 0 Å². The first kappa shape index (κ1) is 15.0. The number of rotatable bonds is 6. The third-order valence-electron chi connectivity index (χ3n) is 3.47. The van der Waals surface area contributed by atoms with Crippen molar-refractivity contribution in [3.8, 4) is 5.75 Å². The van der Waals surface area contributed by atoms with E-state index in [0.717, 1.165) is 24.2 Å². The number of ether oxygens (including phenoxy) is 2. The smallest absolute Gasteiger partial charge is 0.122 e. The topological polar surface area (TPSA) is 44.5 Å². The molecule has 0 aromatic heterocycles. The molecule has 0 spiro atoms. The lowest BCUT2D eigenvalue weighted by Crippen LogP contribution is -2.15. The van der Waals surface area contributed by atoms with Gasteiger partial charge in [0, 0.05) is 13.2 Å². The molecule has 0 heterocycles. The lowest BCUT2D eigenvalue weighted by Gasteiger charge is -2.18. The highest BCUT2D eigenvalue weighted by molar-refractivity contribution is 5.42. The number of hydrogen-bond acceptors (Lipinski definition) is 3. The maximum Gasteiger partial charge on any atom is 0.122 e. The van der Waals surface area contributed by atoms with Crippen LogP contribution in [0.2, 0.25) is 0 Å². The molecule has 2 unspecified atom stereocenters. The van der Waals surface area contributed by atoms with Gasteiger partial charge in [0.15, 0.2) is 0 Å². The van der Waals surface area contributed by atoms with Crippen molar-refractivity contribution >= 4 is 0 Å². The zero-order valence-electron chi connectivity index (χ0n) is 12.1. The molecule has 0 radical (unpaired) electrons. The van der Waals surface area contributed by atoms with Crippen LogP contribution in [0, 0.1) is 13.8 Å². The van der Waals surface area contributed by atoms with E-state index in [1.54, 1.807) is 14.2 Å². The molecule has 1 rings (SSSR count). The first-order valence-electron chi connectivity index (χ1n) is 6.43. The van der Waals surface area contributed by atoms with Gasteiger partial charge in [0.25, 0.3) is 0 Å². The Labute approximate surface area is 110 Å². The second kappa shape index (κ2) is 6.76. The summed E-state index contributed by atoms with van der Waals surface area (Å²) in [5, 5.41) is 0. The SMILES string of the molecule is COc1cc(C)c(C(N)CCC(C)OC)cc1C. The highest BCUT2D eigenvalue weighted by Crippen LogP contribution is 2.27. The summed E-state index contributed by atoms with van der Waals surface area (Å²) in [6.45, 7) is 6.20. The fourth-order valence-electron chi connectivity index (χ4n) is 2.12. The van der Waals surface area contributed by atoms with Crippen LogP contribution in [0.1, 0.15) is 42.5 Å². The van der Waals surface area contributed by atoms with Crippen LogP contribution in [0.3, 0.4) is 0 Å².